The molecule has 1 heterocycles. The Morgan fingerprint density at radius 2 is 1.89 bits per heavy atom. The van der Waals surface area contributed by atoms with Crippen molar-refractivity contribution in [3.05, 3.63) is 0 Å². The quantitative estimate of drug-likeness (QED) is 0.786. The van der Waals surface area contributed by atoms with Gasteiger partial charge in [0.05, 0.1) is 19.7 Å². The maximum absolute atomic E-state index is 11.9. The summed E-state index contributed by atoms with van der Waals surface area (Å²) in [7, 11) is 0. The smallest absolute Gasteiger partial charge is 0.361 e. The molecule has 1 aliphatic carbocycles. The van der Waals surface area contributed by atoms with Gasteiger partial charge in [0.25, 0.3) is 0 Å². The van der Waals surface area contributed by atoms with Crippen LogP contribution in [0.25, 0.3) is 0 Å². The highest BCUT2D eigenvalue weighted by atomic mass is 16.5. The highest BCUT2D eigenvalue weighted by Gasteiger charge is 2.27. The van der Waals surface area contributed by atoms with Crippen molar-refractivity contribution in [1.29, 1.82) is 0 Å². The highest BCUT2D eigenvalue weighted by Crippen LogP contribution is 2.33. The predicted octanol–water partition coefficient (Wildman–Crippen LogP) is 1.67. The summed E-state index contributed by atoms with van der Waals surface area (Å²) >= 11 is 0. The van der Waals surface area contributed by atoms with E-state index >= 15 is 0 Å². The first-order valence-electron chi connectivity index (χ1n) is 8.14. The summed E-state index contributed by atoms with van der Waals surface area (Å²) in [4.78, 5) is 13.3. The van der Waals surface area contributed by atoms with Crippen molar-refractivity contribution >= 4 is 5.97 Å². The first-order chi connectivity index (χ1) is 9.15. The van der Waals surface area contributed by atoms with E-state index in [0.717, 1.165) is 19.0 Å². The number of hydrogen-bond donors (Lipinski definition) is 1. The number of nitrogens with one attached hydrogen (secondary N) is 1. The van der Waals surface area contributed by atoms with Crippen LogP contribution in [0, 0.1) is 17.8 Å². The van der Waals surface area contributed by atoms with Gasteiger partial charge in [-0.05, 0) is 49.9 Å². The standard InChI is InChI=1S/C16H29NO2/c1-13-6-7-15(14(2)10-13)12-19-16(18)11-17-8-4-3-5-9-17/h13-15H,3-12H2,1-2H3/p+1/t13-,14-,15+/m1/s1. The summed E-state index contributed by atoms with van der Waals surface area (Å²) in [6.07, 6.45) is 7.67. The van der Waals surface area contributed by atoms with Gasteiger partial charge < -0.3 is 9.64 Å². The van der Waals surface area contributed by atoms with Crippen molar-refractivity contribution in [2.75, 3.05) is 26.2 Å². The van der Waals surface area contributed by atoms with Gasteiger partial charge in [-0.15, -0.1) is 0 Å². The van der Waals surface area contributed by atoms with E-state index in [0.29, 0.717) is 25.0 Å². The SMILES string of the molecule is C[C@@H]1CC[C@@H](COC(=O)C[NH+]2CCCCC2)[C@H](C)C1. The monoisotopic (exact) mass is 268 g/mol. The molecule has 1 saturated heterocycles. The molecule has 1 N–H and O–H groups in total. The van der Waals surface area contributed by atoms with Gasteiger partial charge in [-0.1, -0.05) is 20.3 Å². The van der Waals surface area contributed by atoms with Gasteiger partial charge >= 0.3 is 5.97 Å². The zero-order chi connectivity index (χ0) is 13.7. The van der Waals surface area contributed by atoms with Crippen LogP contribution in [-0.2, 0) is 9.53 Å². The highest BCUT2D eigenvalue weighted by molar-refractivity contribution is 5.70. The molecule has 3 atom stereocenters. The lowest BCUT2D eigenvalue weighted by Crippen LogP contribution is -3.13. The molecule has 0 bridgehead atoms. The Morgan fingerprint density at radius 1 is 1.16 bits per heavy atom. The van der Waals surface area contributed by atoms with E-state index < -0.39 is 0 Å². The van der Waals surface area contributed by atoms with E-state index in [1.54, 1.807) is 0 Å². The van der Waals surface area contributed by atoms with E-state index in [-0.39, 0.29) is 5.97 Å². The molecule has 2 fully saturated rings. The van der Waals surface area contributed by atoms with E-state index in [9.17, 15) is 4.79 Å². The summed E-state index contributed by atoms with van der Waals surface area (Å²) in [6, 6.07) is 0. The second-order valence-corrected chi connectivity index (χ2v) is 6.83. The molecule has 0 aromatic rings. The third kappa shape index (κ3) is 4.79. The predicted molar refractivity (Wildman–Crippen MR) is 76.0 cm³/mol. The van der Waals surface area contributed by atoms with Gasteiger partial charge in [0.2, 0.25) is 0 Å². The van der Waals surface area contributed by atoms with Gasteiger partial charge in [0.1, 0.15) is 0 Å². The zero-order valence-electron chi connectivity index (χ0n) is 12.6. The molecular weight excluding hydrogens is 238 g/mol. The Kier molecular flexibility index (Phi) is 5.68. The van der Waals surface area contributed by atoms with Crippen LogP contribution in [0.1, 0.15) is 52.4 Å². The molecule has 2 aliphatic rings. The molecule has 2 rings (SSSR count). The fourth-order valence-electron chi connectivity index (χ4n) is 3.66. The molecule has 0 spiro atoms. The van der Waals surface area contributed by atoms with E-state index in [1.807, 2.05) is 0 Å². The Hall–Kier alpha value is -0.570. The molecule has 3 nitrogen and oxygen atoms in total. The molecule has 0 unspecified atom stereocenters. The number of ether oxygens (including phenoxy) is 1. The van der Waals surface area contributed by atoms with Crippen LogP contribution < -0.4 is 4.90 Å². The summed E-state index contributed by atoms with van der Waals surface area (Å²) < 4.78 is 5.53. The number of carbonyl (C=O) groups is 1. The number of esters is 1. The van der Waals surface area contributed by atoms with Crippen LogP contribution >= 0.6 is 0 Å². The molecule has 110 valence electrons. The molecule has 0 aromatic carbocycles. The van der Waals surface area contributed by atoms with Gasteiger partial charge in [0.15, 0.2) is 6.54 Å². The number of piperidine rings is 1. The molecule has 0 aromatic heterocycles. The van der Waals surface area contributed by atoms with Crippen molar-refractivity contribution in [3.8, 4) is 0 Å². The first-order valence-corrected chi connectivity index (χ1v) is 8.14. The van der Waals surface area contributed by atoms with Crippen LogP contribution in [0.15, 0.2) is 0 Å². The molecule has 0 amide bonds. The maximum Gasteiger partial charge on any atom is 0.361 e. The Balaban J connectivity index is 1.65. The summed E-state index contributed by atoms with van der Waals surface area (Å²) in [6.45, 7) is 8.17. The maximum atomic E-state index is 11.9. The number of carbonyl (C=O) groups excluding carboxylic acids is 1. The van der Waals surface area contributed by atoms with Crippen molar-refractivity contribution in [1.82, 2.24) is 0 Å². The minimum absolute atomic E-state index is 0.0164. The lowest BCUT2D eigenvalue weighted by atomic mass is 9.76. The third-order valence-electron chi connectivity index (χ3n) is 5.02. The Morgan fingerprint density at radius 3 is 2.58 bits per heavy atom. The Bertz CT molecular complexity index is 286. The molecule has 3 heteroatoms. The fourth-order valence-corrected chi connectivity index (χ4v) is 3.66. The average Bonchev–Trinajstić information content (AvgIpc) is 2.39. The summed E-state index contributed by atoms with van der Waals surface area (Å²) in [5.41, 5.74) is 0. The van der Waals surface area contributed by atoms with Crippen molar-refractivity contribution < 1.29 is 14.4 Å². The van der Waals surface area contributed by atoms with Crippen molar-refractivity contribution in [3.63, 3.8) is 0 Å². The lowest BCUT2D eigenvalue weighted by molar-refractivity contribution is -0.897. The van der Waals surface area contributed by atoms with Gasteiger partial charge in [0, 0.05) is 0 Å². The van der Waals surface area contributed by atoms with E-state index in [4.69, 9.17) is 4.74 Å². The molecule has 1 saturated carbocycles. The first kappa shape index (κ1) is 14.8. The lowest BCUT2D eigenvalue weighted by Gasteiger charge is -2.32. The second-order valence-electron chi connectivity index (χ2n) is 6.83. The largest absolute Gasteiger partial charge is 0.461 e. The fraction of sp³-hybridized carbons (Fsp3) is 0.938. The second kappa shape index (κ2) is 7.28. The van der Waals surface area contributed by atoms with Gasteiger partial charge in [-0.2, -0.15) is 0 Å². The normalized spacial score (nSPS) is 33.1. The average molecular weight is 268 g/mol. The third-order valence-corrected chi connectivity index (χ3v) is 5.02. The topological polar surface area (TPSA) is 30.7 Å². The van der Waals surface area contributed by atoms with Crippen LogP contribution in [0.3, 0.4) is 0 Å². The van der Waals surface area contributed by atoms with Gasteiger partial charge in [-0.25, -0.2) is 4.79 Å². The van der Waals surface area contributed by atoms with E-state index in [2.05, 4.69) is 13.8 Å². The number of quaternary nitrogens is 1. The number of rotatable bonds is 4. The van der Waals surface area contributed by atoms with Gasteiger partial charge in [-0.3, -0.25) is 0 Å². The zero-order valence-corrected chi connectivity index (χ0v) is 12.6. The number of hydrogen-bond acceptors (Lipinski definition) is 2. The van der Waals surface area contributed by atoms with Crippen LogP contribution in [0.5, 0.6) is 0 Å². The van der Waals surface area contributed by atoms with Crippen LogP contribution in [-0.4, -0.2) is 32.2 Å². The molecular formula is C16H30NO2+. The van der Waals surface area contributed by atoms with Crippen molar-refractivity contribution in [2.45, 2.75) is 52.4 Å². The summed E-state index contributed by atoms with van der Waals surface area (Å²) in [5.74, 6) is 2.16. The summed E-state index contributed by atoms with van der Waals surface area (Å²) in [5, 5.41) is 0. The molecule has 19 heavy (non-hydrogen) atoms. The minimum atomic E-state index is 0.0164. The molecule has 1 aliphatic heterocycles. The molecule has 0 radical (unpaired) electrons. The van der Waals surface area contributed by atoms with Crippen molar-refractivity contribution in [2.24, 2.45) is 17.8 Å². The van der Waals surface area contributed by atoms with Crippen LogP contribution in [0.2, 0.25) is 0 Å². The van der Waals surface area contributed by atoms with Crippen LogP contribution in [0.4, 0.5) is 0 Å². The van der Waals surface area contributed by atoms with E-state index in [1.165, 1.54) is 43.4 Å². The number of likely N-dealkylation sites (tertiary alicyclic amines) is 1. The minimum Gasteiger partial charge on any atom is -0.461 e. The Labute approximate surface area is 117 Å².